The number of carbonyl (C=O) groups excluding carboxylic acids is 3. The standard InChI is InChI=1S/C19H17BrN2O6/c1-4-7-27-17(24)14-15(21)28-9(2)13(16(23)26-3)19(14)11-8-10(20)5-6-12(11)22-18(19)25/h4-6,8H,1,7,21H2,2-3H3,(H,22,25)/t19-/m0/s1. The van der Waals surface area contributed by atoms with E-state index in [9.17, 15) is 14.4 Å². The Balaban J connectivity index is 2.39. The molecule has 0 radical (unpaired) electrons. The Morgan fingerprint density at radius 1 is 1.36 bits per heavy atom. The Morgan fingerprint density at radius 3 is 2.71 bits per heavy atom. The van der Waals surface area contributed by atoms with Gasteiger partial charge in [0.2, 0.25) is 11.8 Å². The normalized spacial score (nSPS) is 20.5. The number of anilines is 1. The van der Waals surface area contributed by atoms with E-state index in [0.29, 0.717) is 15.7 Å². The number of rotatable bonds is 4. The Morgan fingerprint density at radius 2 is 2.07 bits per heavy atom. The first kappa shape index (κ1) is 19.7. The zero-order chi connectivity index (χ0) is 20.6. The van der Waals surface area contributed by atoms with Gasteiger partial charge in [0, 0.05) is 15.7 Å². The molecule has 2 aliphatic rings. The molecule has 2 heterocycles. The minimum atomic E-state index is -1.88. The van der Waals surface area contributed by atoms with Crippen LogP contribution in [-0.2, 0) is 34.0 Å². The first-order valence-electron chi connectivity index (χ1n) is 8.16. The number of methoxy groups -OCH3 is 1. The summed E-state index contributed by atoms with van der Waals surface area (Å²) in [6.45, 7) is 4.84. The summed E-state index contributed by atoms with van der Waals surface area (Å²) < 4.78 is 16.1. The summed E-state index contributed by atoms with van der Waals surface area (Å²) in [6.07, 6.45) is 1.37. The van der Waals surface area contributed by atoms with Crippen molar-refractivity contribution in [1.82, 2.24) is 0 Å². The number of esters is 2. The Labute approximate surface area is 169 Å². The van der Waals surface area contributed by atoms with E-state index < -0.39 is 23.3 Å². The molecule has 8 nitrogen and oxygen atoms in total. The maximum Gasteiger partial charge on any atom is 0.341 e. The summed E-state index contributed by atoms with van der Waals surface area (Å²) in [6, 6.07) is 4.99. The fourth-order valence-electron chi connectivity index (χ4n) is 3.47. The van der Waals surface area contributed by atoms with Crippen LogP contribution in [0, 0.1) is 0 Å². The number of nitrogens with one attached hydrogen (secondary N) is 1. The highest BCUT2D eigenvalue weighted by Gasteiger charge is 2.61. The molecule has 1 aromatic carbocycles. The van der Waals surface area contributed by atoms with Crippen LogP contribution in [0.15, 0.2) is 58.1 Å². The molecule has 2 aliphatic heterocycles. The summed E-state index contributed by atoms with van der Waals surface area (Å²) in [7, 11) is 1.17. The summed E-state index contributed by atoms with van der Waals surface area (Å²) in [5, 5.41) is 2.70. The van der Waals surface area contributed by atoms with Gasteiger partial charge in [0.1, 0.15) is 28.9 Å². The van der Waals surface area contributed by atoms with Gasteiger partial charge in [0.05, 0.1) is 7.11 Å². The number of ether oxygens (including phenoxy) is 3. The quantitative estimate of drug-likeness (QED) is 0.534. The third kappa shape index (κ3) is 2.70. The Kier molecular flexibility index (Phi) is 5.03. The van der Waals surface area contributed by atoms with Crippen molar-refractivity contribution in [2.45, 2.75) is 12.3 Å². The smallest absolute Gasteiger partial charge is 0.341 e. The van der Waals surface area contributed by atoms with Gasteiger partial charge in [-0.3, -0.25) is 4.79 Å². The summed E-state index contributed by atoms with van der Waals surface area (Å²) >= 11 is 3.36. The maximum absolute atomic E-state index is 13.3. The molecule has 0 unspecified atom stereocenters. The molecule has 146 valence electrons. The second kappa shape index (κ2) is 7.16. The number of amides is 1. The van der Waals surface area contributed by atoms with E-state index in [1.807, 2.05) is 0 Å². The van der Waals surface area contributed by atoms with Gasteiger partial charge in [0.25, 0.3) is 0 Å². The number of allylic oxidation sites excluding steroid dienone is 1. The van der Waals surface area contributed by atoms with Gasteiger partial charge in [0.15, 0.2) is 0 Å². The number of fused-ring (bicyclic) bond motifs is 2. The number of carbonyl (C=O) groups is 3. The molecule has 3 rings (SSSR count). The van der Waals surface area contributed by atoms with Crippen LogP contribution in [0.25, 0.3) is 0 Å². The van der Waals surface area contributed by atoms with Crippen molar-refractivity contribution >= 4 is 39.5 Å². The average molecular weight is 449 g/mol. The van der Waals surface area contributed by atoms with Crippen LogP contribution < -0.4 is 11.1 Å². The van der Waals surface area contributed by atoms with Crippen LogP contribution in [0.2, 0.25) is 0 Å². The molecule has 0 fully saturated rings. The number of hydrogen-bond acceptors (Lipinski definition) is 7. The number of halogens is 1. The highest BCUT2D eigenvalue weighted by molar-refractivity contribution is 9.10. The van der Waals surface area contributed by atoms with Crippen molar-refractivity contribution in [2.24, 2.45) is 5.73 Å². The first-order valence-corrected chi connectivity index (χ1v) is 8.95. The second-order valence-electron chi connectivity index (χ2n) is 6.05. The predicted molar refractivity (Wildman–Crippen MR) is 103 cm³/mol. The molecule has 0 bridgehead atoms. The fourth-order valence-corrected chi connectivity index (χ4v) is 3.83. The van der Waals surface area contributed by atoms with Gasteiger partial charge in [-0.1, -0.05) is 28.6 Å². The van der Waals surface area contributed by atoms with Gasteiger partial charge in [-0.2, -0.15) is 0 Å². The lowest BCUT2D eigenvalue weighted by atomic mass is 9.67. The highest BCUT2D eigenvalue weighted by atomic mass is 79.9. The van der Waals surface area contributed by atoms with Crippen molar-refractivity contribution in [3.05, 3.63) is 63.7 Å². The zero-order valence-electron chi connectivity index (χ0n) is 15.1. The lowest BCUT2D eigenvalue weighted by Crippen LogP contribution is -2.48. The van der Waals surface area contributed by atoms with Crippen molar-refractivity contribution in [3.8, 4) is 0 Å². The van der Waals surface area contributed by atoms with Crippen molar-refractivity contribution in [1.29, 1.82) is 0 Å². The van der Waals surface area contributed by atoms with E-state index >= 15 is 0 Å². The second-order valence-corrected chi connectivity index (χ2v) is 6.96. The third-order valence-electron chi connectivity index (χ3n) is 4.51. The average Bonchev–Trinajstić information content (AvgIpc) is 2.91. The molecule has 1 spiro atoms. The molecule has 1 amide bonds. The van der Waals surface area contributed by atoms with Crippen LogP contribution in [0.4, 0.5) is 5.69 Å². The lowest BCUT2D eigenvalue weighted by molar-refractivity contribution is -0.141. The first-order chi connectivity index (χ1) is 13.3. The lowest BCUT2D eigenvalue weighted by Gasteiger charge is -2.35. The summed E-state index contributed by atoms with van der Waals surface area (Å²) in [4.78, 5) is 38.9. The largest absolute Gasteiger partial charge is 0.466 e. The summed E-state index contributed by atoms with van der Waals surface area (Å²) in [5.74, 6) is -2.66. The molecular weight excluding hydrogens is 432 g/mol. The molecule has 28 heavy (non-hydrogen) atoms. The molecule has 0 aromatic heterocycles. The number of nitrogens with two attached hydrogens (primary N) is 1. The van der Waals surface area contributed by atoms with Gasteiger partial charge < -0.3 is 25.3 Å². The zero-order valence-corrected chi connectivity index (χ0v) is 16.7. The Bertz CT molecular complexity index is 981. The minimum Gasteiger partial charge on any atom is -0.466 e. The van der Waals surface area contributed by atoms with Gasteiger partial charge in [-0.25, -0.2) is 9.59 Å². The third-order valence-corrected chi connectivity index (χ3v) is 5.01. The molecule has 1 aromatic rings. The molecule has 1 atom stereocenters. The van der Waals surface area contributed by atoms with Gasteiger partial charge in [-0.05, 0) is 25.1 Å². The molecule has 0 aliphatic carbocycles. The Hall–Kier alpha value is -3.07. The maximum atomic E-state index is 13.3. The van der Waals surface area contributed by atoms with E-state index in [4.69, 9.17) is 19.9 Å². The van der Waals surface area contributed by atoms with E-state index in [1.54, 1.807) is 18.2 Å². The van der Waals surface area contributed by atoms with E-state index in [1.165, 1.54) is 20.1 Å². The summed E-state index contributed by atoms with van der Waals surface area (Å²) in [5.41, 5.74) is 4.46. The highest BCUT2D eigenvalue weighted by Crippen LogP contribution is 2.52. The molecule has 3 N–H and O–H groups in total. The monoisotopic (exact) mass is 448 g/mol. The molecule has 9 heteroatoms. The molecular formula is C19H17BrN2O6. The molecule has 0 saturated carbocycles. The minimum absolute atomic E-state index is 0.0487. The number of hydrogen-bond donors (Lipinski definition) is 2. The van der Waals surface area contributed by atoms with E-state index in [2.05, 4.69) is 27.8 Å². The topological polar surface area (TPSA) is 117 Å². The van der Waals surface area contributed by atoms with Crippen molar-refractivity contribution in [3.63, 3.8) is 0 Å². The van der Waals surface area contributed by atoms with Crippen LogP contribution in [0.5, 0.6) is 0 Å². The SMILES string of the molecule is C=CCOC(=O)C1=C(N)OC(C)=C(C(=O)OC)[C@]12C(=O)Nc1ccc(Br)cc12. The number of benzene rings is 1. The predicted octanol–water partition coefficient (Wildman–Crippen LogP) is 2.02. The molecule has 0 saturated heterocycles. The van der Waals surface area contributed by atoms with Crippen LogP contribution >= 0.6 is 15.9 Å². The van der Waals surface area contributed by atoms with E-state index in [0.717, 1.165) is 0 Å². The van der Waals surface area contributed by atoms with Crippen LogP contribution in [-0.4, -0.2) is 31.6 Å². The van der Waals surface area contributed by atoms with Gasteiger partial charge >= 0.3 is 11.9 Å². The van der Waals surface area contributed by atoms with Crippen molar-refractivity contribution in [2.75, 3.05) is 19.0 Å². The van der Waals surface area contributed by atoms with Crippen LogP contribution in [0.3, 0.4) is 0 Å². The van der Waals surface area contributed by atoms with Crippen LogP contribution in [0.1, 0.15) is 12.5 Å². The van der Waals surface area contributed by atoms with Gasteiger partial charge in [-0.15, -0.1) is 0 Å². The van der Waals surface area contributed by atoms with Crippen molar-refractivity contribution < 1.29 is 28.6 Å². The fraction of sp³-hybridized carbons (Fsp3) is 0.211. The van der Waals surface area contributed by atoms with E-state index in [-0.39, 0.29) is 29.4 Å².